The van der Waals surface area contributed by atoms with Gasteiger partial charge >= 0.3 is 0 Å². The molecule has 1 aliphatic carbocycles. The third-order valence-electron chi connectivity index (χ3n) is 4.94. The molecular weight excluding hydrogens is 296 g/mol. The van der Waals surface area contributed by atoms with Crippen LogP contribution in [0, 0.1) is 23.2 Å². The van der Waals surface area contributed by atoms with Crippen LogP contribution in [0.2, 0.25) is 0 Å². The highest BCUT2D eigenvalue weighted by Gasteiger charge is 2.23. The summed E-state index contributed by atoms with van der Waals surface area (Å²) in [6.07, 6.45) is 14.7. The van der Waals surface area contributed by atoms with Gasteiger partial charge in [-0.15, -0.1) is 0 Å². The lowest BCUT2D eigenvalue weighted by molar-refractivity contribution is 0.166. The lowest BCUT2D eigenvalue weighted by Gasteiger charge is -2.19. The Kier molecular flexibility index (Phi) is 8.08. The molecular formula is C21H32N2O. The summed E-state index contributed by atoms with van der Waals surface area (Å²) in [6, 6.07) is 5.69. The van der Waals surface area contributed by atoms with E-state index in [0.717, 1.165) is 24.7 Å². The van der Waals surface area contributed by atoms with Crippen LogP contribution in [0.5, 0.6) is 5.88 Å². The zero-order valence-corrected chi connectivity index (χ0v) is 15.3. The molecule has 3 nitrogen and oxygen atoms in total. The summed E-state index contributed by atoms with van der Waals surface area (Å²) in [7, 11) is 0. The Morgan fingerprint density at radius 1 is 1.21 bits per heavy atom. The number of pyridine rings is 1. The fourth-order valence-electron chi connectivity index (χ4n) is 3.29. The highest BCUT2D eigenvalue weighted by Crippen LogP contribution is 2.36. The van der Waals surface area contributed by atoms with Crippen LogP contribution >= 0.6 is 0 Å². The SMILES string of the molecule is CCCCC(CCCCC(C)CC1CC1)Oc1ccc(C#N)cn1. The van der Waals surface area contributed by atoms with Crippen LogP contribution in [-0.4, -0.2) is 11.1 Å². The van der Waals surface area contributed by atoms with Gasteiger partial charge in [-0.2, -0.15) is 5.26 Å². The topological polar surface area (TPSA) is 45.9 Å². The molecule has 2 rings (SSSR count). The molecule has 1 aromatic heterocycles. The van der Waals surface area contributed by atoms with Gasteiger partial charge in [-0.3, -0.25) is 0 Å². The van der Waals surface area contributed by atoms with Crippen LogP contribution in [0.25, 0.3) is 0 Å². The summed E-state index contributed by atoms with van der Waals surface area (Å²) in [5.74, 6) is 2.58. The summed E-state index contributed by atoms with van der Waals surface area (Å²) >= 11 is 0. The minimum Gasteiger partial charge on any atom is -0.474 e. The van der Waals surface area contributed by atoms with Gasteiger partial charge in [-0.1, -0.05) is 52.4 Å². The Morgan fingerprint density at radius 3 is 2.58 bits per heavy atom. The zero-order chi connectivity index (χ0) is 17.2. The molecule has 0 amide bonds. The number of nitrogens with zero attached hydrogens (tertiary/aromatic N) is 2. The van der Waals surface area contributed by atoms with Gasteiger partial charge in [0.1, 0.15) is 12.2 Å². The van der Waals surface area contributed by atoms with Crippen molar-refractivity contribution < 1.29 is 4.74 Å². The predicted molar refractivity (Wildman–Crippen MR) is 97.9 cm³/mol. The van der Waals surface area contributed by atoms with E-state index in [1.807, 2.05) is 6.07 Å². The molecule has 0 aromatic carbocycles. The van der Waals surface area contributed by atoms with Crippen LogP contribution in [0.15, 0.2) is 18.3 Å². The third kappa shape index (κ3) is 7.34. The molecule has 24 heavy (non-hydrogen) atoms. The first-order valence-electron chi connectivity index (χ1n) is 9.74. The monoisotopic (exact) mass is 328 g/mol. The molecule has 1 aliphatic rings. The Morgan fingerprint density at radius 2 is 1.96 bits per heavy atom. The maximum Gasteiger partial charge on any atom is 0.213 e. The van der Waals surface area contributed by atoms with Gasteiger partial charge in [-0.25, -0.2) is 4.98 Å². The average Bonchev–Trinajstić information content (AvgIpc) is 3.40. The molecule has 0 N–H and O–H groups in total. The van der Waals surface area contributed by atoms with Gasteiger partial charge in [0, 0.05) is 12.3 Å². The van der Waals surface area contributed by atoms with Crippen LogP contribution in [0.4, 0.5) is 0 Å². The minimum absolute atomic E-state index is 0.254. The van der Waals surface area contributed by atoms with E-state index in [-0.39, 0.29) is 6.10 Å². The maximum absolute atomic E-state index is 8.84. The quantitative estimate of drug-likeness (QED) is 0.450. The molecule has 2 unspecified atom stereocenters. The number of hydrogen-bond acceptors (Lipinski definition) is 3. The molecule has 1 fully saturated rings. The molecule has 132 valence electrons. The van der Waals surface area contributed by atoms with Gasteiger partial charge in [0.25, 0.3) is 0 Å². The van der Waals surface area contributed by atoms with Gasteiger partial charge in [0.15, 0.2) is 0 Å². The Labute approximate surface area is 147 Å². The first-order chi connectivity index (χ1) is 11.7. The largest absolute Gasteiger partial charge is 0.474 e. The van der Waals surface area contributed by atoms with Crippen molar-refractivity contribution in [3.8, 4) is 11.9 Å². The second-order valence-corrected chi connectivity index (χ2v) is 7.45. The molecule has 1 aromatic rings. The van der Waals surface area contributed by atoms with E-state index < -0.39 is 0 Å². The van der Waals surface area contributed by atoms with Gasteiger partial charge < -0.3 is 4.74 Å². The highest BCUT2D eigenvalue weighted by molar-refractivity contribution is 5.28. The van der Waals surface area contributed by atoms with Crippen molar-refractivity contribution in [2.45, 2.75) is 84.2 Å². The minimum atomic E-state index is 0.254. The molecule has 0 aliphatic heterocycles. The average molecular weight is 328 g/mol. The standard InChI is InChI=1S/C21H32N2O/c1-3-4-8-20(24-21-13-12-19(15-22)16-23-21)9-6-5-7-17(2)14-18-10-11-18/h12-13,16-18,20H,3-11,14H2,1-2H3. The summed E-state index contributed by atoms with van der Waals surface area (Å²) in [5, 5.41) is 8.84. The lowest BCUT2D eigenvalue weighted by Crippen LogP contribution is -2.17. The van der Waals surface area contributed by atoms with Crippen molar-refractivity contribution in [1.82, 2.24) is 4.98 Å². The number of unbranched alkanes of at least 4 members (excludes halogenated alkanes) is 2. The molecule has 0 bridgehead atoms. The zero-order valence-electron chi connectivity index (χ0n) is 15.3. The van der Waals surface area contributed by atoms with Crippen molar-refractivity contribution >= 4 is 0 Å². The van der Waals surface area contributed by atoms with E-state index in [9.17, 15) is 0 Å². The molecule has 1 heterocycles. The normalized spacial score (nSPS) is 16.4. The summed E-state index contributed by atoms with van der Waals surface area (Å²) in [6.45, 7) is 4.63. The van der Waals surface area contributed by atoms with Crippen molar-refractivity contribution in [1.29, 1.82) is 5.26 Å². The van der Waals surface area contributed by atoms with E-state index in [1.165, 1.54) is 51.4 Å². The van der Waals surface area contributed by atoms with E-state index in [0.29, 0.717) is 11.4 Å². The Bertz CT molecular complexity index is 502. The highest BCUT2D eigenvalue weighted by atomic mass is 16.5. The number of rotatable bonds is 12. The number of hydrogen-bond donors (Lipinski definition) is 0. The summed E-state index contributed by atoms with van der Waals surface area (Å²) in [4.78, 5) is 4.25. The van der Waals surface area contributed by atoms with E-state index in [2.05, 4.69) is 24.9 Å². The predicted octanol–water partition coefficient (Wildman–Crippen LogP) is 5.89. The number of nitriles is 1. The van der Waals surface area contributed by atoms with Crippen molar-refractivity contribution in [2.24, 2.45) is 11.8 Å². The lowest BCUT2D eigenvalue weighted by atomic mass is 9.96. The Balaban J connectivity index is 1.71. The van der Waals surface area contributed by atoms with E-state index in [1.54, 1.807) is 12.3 Å². The first-order valence-corrected chi connectivity index (χ1v) is 9.74. The molecule has 3 heteroatoms. The summed E-state index contributed by atoms with van der Waals surface area (Å²) < 4.78 is 6.08. The second kappa shape index (κ2) is 10.3. The number of ether oxygens (including phenoxy) is 1. The number of aromatic nitrogens is 1. The molecule has 0 radical (unpaired) electrons. The van der Waals surface area contributed by atoms with Gasteiger partial charge in [0.05, 0.1) is 5.56 Å². The van der Waals surface area contributed by atoms with Crippen LogP contribution in [0.3, 0.4) is 0 Å². The van der Waals surface area contributed by atoms with Gasteiger partial charge in [-0.05, 0) is 43.6 Å². The molecule has 1 saturated carbocycles. The maximum atomic E-state index is 8.84. The van der Waals surface area contributed by atoms with Crippen LogP contribution in [-0.2, 0) is 0 Å². The molecule has 0 saturated heterocycles. The summed E-state index contributed by atoms with van der Waals surface area (Å²) in [5.41, 5.74) is 0.581. The second-order valence-electron chi connectivity index (χ2n) is 7.45. The molecule has 0 spiro atoms. The molecule has 2 atom stereocenters. The first kappa shape index (κ1) is 18.8. The van der Waals surface area contributed by atoms with Gasteiger partial charge in [0.2, 0.25) is 5.88 Å². The van der Waals surface area contributed by atoms with E-state index >= 15 is 0 Å². The Hall–Kier alpha value is -1.56. The van der Waals surface area contributed by atoms with E-state index in [4.69, 9.17) is 10.00 Å². The fourth-order valence-corrected chi connectivity index (χ4v) is 3.29. The van der Waals surface area contributed by atoms with Crippen LogP contribution < -0.4 is 4.74 Å². The van der Waals surface area contributed by atoms with Crippen molar-refractivity contribution in [3.63, 3.8) is 0 Å². The van der Waals surface area contributed by atoms with Crippen LogP contribution in [0.1, 0.15) is 83.6 Å². The van der Waals surface area contributed by atoms with Crippen molar-refractivity contribution in [2.75, 3.05) is 0 Å². The third-order valence-corrected chi connectivity index (χ3v) is 4.94. The fraction of sp³-hybridized carbons (Fsp3) is 0.714. The smallest absolute Gasteiger partial charge is 0.213 e. The van der Waals surface area contributed by atoms with Crippen molar-refractivity contribution in [3.05, 3.63) is 23.9 Å².